The van der Waals surface area contributed by atoms with Crippen molar-refractivity contribution in [1.29, 1.82) is 0 Å². The molecule has 0 saturated carbocycles. The molecule has 7 nitrogen and oxygen atoms in total. The molecule has 1 N–H and O–H groups in total. The Kier molecular flexibility index (Phi) is 5.56. The SMILES string of the molecule is COC(=O)[C@@H]1CC([C@@H](O)C(C)C)C(=O)N1C(=O)OC(C)(C)C. The van der Waals surface area contributed by atoms with E-state index in [1.54, 1.807) is 34.6 Å². The van der Waals surface area contributed by atoms with E-state index in [-0.39, 0.29) is 12.3 Å². The molecule has 1 unspecified atom stereocenters. The van der Waals surface area contributed by atoms with E-state index in [2.05, 4.69) is 4.74 Å². The third-order valence-corrected chi connectivity index (χ3v) is 3.50. The van der Waals surface area contributed by atoms with Crippen LogP contribution in [0.25, 0.3) is 0 Å². The van der Waals surface area contributed by atoms with Crippen molar-refractivity contribution in [1.82, 2.24) is 4.90 Å². The predicted molar refractivity (Wildman–Crippen MR) is 77.8 cm³/mol. The van der Waals surface area contributed by atoms with Gasteiger partial charge in [-0.2, -0.15) is 0 Å². The smallest absolute Gasteiger partial charge is 0.417 e. The number of imide groups is 1. The van der Waals surface area contributed by atoms with Gasteiger partial charge in [-0.3, -0.25) is 4.79 Å². The number of hydrogen-bond acceptors (Lipinski definition) is 6. The largest absolute Gasteiger partial charge is 0.467 e. The first-order valence-corrected chi connectivity index (χ1v) is 7.31. The lowest BCUT2D eigenvalue weighted by Crippen LogP contribution is -2.46. The van der Waals surface area contributed by atoms with Gasteiger partial charge in [0.25, 0.3) is 0 Å². The number of ether oxygens (including phenoxy) is 2. The topological polar surface area (TPSA) is 93.1 Å². The molecule has 0 bridgehead atoms. The summed E-state index contributed by atoms with van der Waals surface area (Å²) in [5.74, 6) is -2.30. The van der Waals surface area contributed by atoms with E-state index in [9.17, 15) is 19.5 Å². The summed E-state index contributed by atoms with van der Waals surface area (Å²) in [4.78, 5) is 37.3. The molecule has 7 heteroatoms. The predicted octanol–water partition coefficient (Wildman–Crippen LogP) is 1.33. The molecule has 1 rings (SSSR count). The number of carbonyl (C=O) groups excluding carboxylic acids is 3. The molecule has 22 heavy (non-hydrogen) atoms. The standard InChI is InChI=1S/C15H25NO6/c1-8(2)11(17)9-7-10(13(19)21-6)16(12(9)18)14(20)22-15(3,4)5/h8-11,17H,7H2,1-6H3/t9?,10-,11-/m0/s1. The lowest BCUT2D eigenvalue weighted by molar-refractivity contribution is -0.149. The number of aliphatic hydroxyl groups excluding tert-OH is 1. The van der Waals surface area contributed by atoms with Crippen LogP contribution in [0.2, 0.25) is 0 Å². The Labute approximate surface area is 130 Å². The molecule has 3 atom stereocenters. The van der Waals surface area contributed by atoms with Gasteiger partial charge in [-0.05, 0) is 33.1 Å². The molecule has 0 aromatic carbocycles. The number of aliphatic hydroxyl groups is 1. The Morgan fingerprint density at radius 1 is 1.32 bits per heavy atom. The van der Waals surface area contributed by atoms with Crippen LogP contribution in [0.4, 0.5) is 4.79 Å². The summed E-state index contributed by atoms with van der Waals surface area (Å²) in [5.41, 5.74) is -0.799. The van der Waals surface area contributed by atoms with Gasteiger partial charge in [0.1, 0.15) is 11.6 Å². The Bertz CT molecular complexity index is 453. The molecule has 2 amide bonds. The fourth-order valence-electron chi connectivity index (χ4n) is 2.40. The Balaban J connectivity index is 3.06. The quantitative estimate of drug-likeness (QED) is 0.790. The second kappa shape index (κ2) is 6.64. The Hall–Kier alpha value is -1.63. The van der Waals surface area contributed by atoms with Gasteiger partial charge in [0, 0.05) is 0 Å². The summed E-state index contributed by atoms with van der Waals surface area (Å²) < 4.78 is 9.84. The van der Waals surface area contributed by atoms with Gasteiger partial charge in [-0.25, -0.2) is 14.5 Å². The van der Waals surface area contributed by atoms with Gasteiger partial charge in [-0.1, -0.05) is 13.8 Å². The normalized spacial score (nSPS) is 23.6. The Morgan fingerprint density at radius 2 is 1.86 bits per heavy atom. The van der Waals surface area contributed by atoms with Crippen LogP contribution in [-0.4, -0.2) is 52.8 Å². The van der Waals surface area contributed by atoms with Crippen LogP contribution in [-0.2, 0) is 19.1 Å². The van der Waals surface area contributed by atoms with Crippen LogP contribution < -0.4 is 0 Å². The first-order valence-electron chi connectivity index (χ1n) is 7.31. The van der Waals surface area contributed by atoms with Crippen molar-refractivity contribution in [2.24, 2.45) is 11.8 Å². The van der Waals surface area contributed by atoms with Crippen molar-refractivity contribution in [2.45, 2.75) is 58.8 Å². The second-order valence-corrected chi connectivity index (χ2v) is 6.80. The molecule has 1 aliphatic heterocycles. The summed E-state index contributed by atoms with van der Waals surface area (Å²) in [6.07, 6.45) is -1.80. The van der Waals surface area contributed by atoms with Crippen LogP contribution in [0.15, 0.2) is 0 Å². The van der Waals surface area contributed by atoms with E-state index < -0.39 is 41.6 Å². The maximum Gasteiger partial charge on any atom is 0.417 e. The van der Waals surface area contributed by atoms with Gasteiger partial charge >= 0.3 is 12.1 Å². The molecule has 0 radical (unpaired) electrons. The van der Waals surface area contributed by atoms with Gasteiger partial charge < -0.3 is 14.6 Å². The molecule has 1 heterocycles. The molecule has 0 aromatic heterocycles. The highest BCUT2D eigenvalue weighted by molar-refractivity contribution is 6.01. The number of methoxy groups -OCH3 is 1. The van der Waals surface area contributed by atoms with Crippen molar-refractivity contribution in [3.05, 3.63) is 0 Å². The monoisotopic (exact) mass is 315 g/mol. The summed E-state index contributed by atoms with van der Waals surface area (Å²) in [6, 6.07) is -1.06. The first-order chi connectivity index (χ1) is 9.99. The average molecular weight is 315 g/mol. The minimum atomic E-state index is -1.06. The third kappa shape index (κ3) is 3.97. The van der Waals surface area contributed by atoms with E-state index in [0.29, 0.717) is 0 Å². The average Bonchev–Trinajstić information content (AvgIpc) is 2.72. The van der Waals surface area contributed by atoms with E-state index in [1.807, 2.05) is 0 Å². The molecular weight excluding hydrogens is 290 g/mol. The number of likely N-dealkylation sites (tertiary alicyclic amines) is 1. The maximum atomic E-state index is 12.5. The molecule has 1 fully saturated rings. The van der Waals surface area contributed by atoms with E-state index in [4.69, 9.17) is 4.74 Å². The van der Waals surface area contributed by atoms with Crippen molar-refractivity contribution in [3.63, 3.8) is 0 Å². The van der Waals surface area contributed by atoms with Crippen LogP contribution in [0.5, 0.6) is 0 Å². The fourth-order valence-corrected chi connectivity index (χ4v) is 2.40. The zero-order valence-corrected chi connectivity index (χ0v) is 14.0. The van der Waals surface area contributed by atoms with Gasteiger partial charge in [0.2, 0.25) is 5.91 Å². The molecular formula is C15H25NO6. The molecule has 0 spiro atoms. The van der Waals surface area contributed by atoms with Gasteiger partial charge in [0.05, 0.1) is 19.1 Å². The van der Waals surface area contributed by atoms with E-state index >= 15 is 0 Å². The zero-order chi connectivity index (χ0) is 17.2. The zero-order valence-electron chi connectivity index (χ0n) is 14.0. The van der Waals surface area contributed by atoms with Crippen LogP contribution in [0.3, 0.4) is 0 Å². The highest BCUT2D eigenvalue weighted by Crippen LogP contribution is 2.32. The lowest BCUT2D eigenvalue weighted by atomic mass is 9.91. The maximum absolute atomic E-state index is 12.5. The first kappa shape index (κ1) is 18.4. The molecule has 1 aliphatic rings. The summed E-state index contributed by atoms with van der Waals surface area (Å²) >= 11 is 0. The van der Waals surface area contributed by atoms with Crippen LogP contribution >= 0.6 is 0 Å². The van der Waals surface area contributed by atoms with Gasteiger partial charge in [0.15, 0.2) is 0 Å². The molecule has 1 saturated heterocycles. The molecule has 0 aromatic rings. The molecule has 0 aliphatic carbocycles. The second-order valence-electron chi connectivity index (χ2n) is 6.80. The number of amides is 2. The van der Waals surface area contributed by atoms with Crippen molar-refractivity contribution in [3.8, 4) is 0 Å². The fraction of sp³-hybridized carbons (Fsp3) is 0.800. The molecule has 126 valence electrons. The number of carbonyl (C=O) groups is 3. The van der Waals surface area contributed by atoms with Crippen molar-refractivity contribution in [2.75, 3.05) is 7.11 Å². The highest BCUT2D eigenvalue weighted by Gasteiger charge is 2.51. The summed E-state index contributed by atoms with van der Waals surface area (Å²) in [6.45, 7) is 8.53. The summed E-state index contributed by atoms with van der Waals surface area (Å²) in [7, 11) is 1.19. The Morgan fingerprint density at radius 3 is 2.27 bits per heavy atom. The number of rotatable bonds is 3. The van der Waals surface area contributed by atoms with E-state index in [0.717, 1.165) is 4.90 Å². The minimum Gasteiger partial charge on any atom is -0.467 e. The number of hydrogen-bond donors (Lipinski definition) is 1. The lowest BCUT2D eigenvalue weighted by Gasteiger charge is -2.26. The number of nitrogens with zero attached hydrogens (tertiary/aromatic N) is 1. The summed E-state index contributed by atoms with van der Waals surface area (Å²) in [5, 5.41) is 10.1. The minimum absolute atomic E-state index is 0.0318. The van der Waals surface area contributed by atoms with Crippen LogP contribution in [0.1, 0.15) is 41.0 Å². The van der Waals surface area contributed by atoms with Crippen molar-refractivity contribution < 1.29 is 29.0 Å². The number of esters is 1. The van der Waals surface area contributed by atoms with Crippen LogP contribution in [0, 0.1) is 11.8 Å². The highest BCUT2D eigenvalue weighted by atomic mass is 16.6. The van der Waals surface area contributed by atoms with Gasteiger partial charge in [-0.15, -0.1) is 0 Å². The third-order valence-electron chi connectivity index (χ3n) is 3.50. The van der Waals surface area contributed by atoms with E-state index in [1.165, 1.54) is 7.11 Å². The van der Waals surface area contributed by atoms with Crippen molar-refractivity contribution >= 4 is 18.0 Å².